The Bertz CT molecular complexity index is 1320. The van der Waals surface area contributed by atoms with E-state index in [9.17, 15) is 35.2 Å². The van der Waals surface area contributed by atoms with Gasteiger partial charge in [-0.25, -0.2) is 13.4 Å². The van der Waals surface area contributed by atoms with Gasteiger partial charge in [-0.3, -0.25) is 14.5 Å². The lowest BCUT2D eigenvalue weighted by Gasteiger charge is -2.19. The molecule has 0 N–H and O–H groups in total. The van der Waals surface area contributed by atoms with Crippen molar-refractivity contribution >= 4 is 32.5 Å². The molecule has 0 atom stereocenters. The molecule has 0 radical (unpaired) electrons. The lowest BCUT2D eigenvalue weighted by Crippen LogP contribution is -2.40. The summed E-state index contributed by atoms with van der Waals surface area (Å²) < 4.78 is 90.2. The predicted octanol–water partition coefficient (Wildman–Crippen LogP) is 3.47. The summed E-state index contributed by atoms with van der Waals surface area (Å²) in [5.41, 5.74) is -0.201. The number of anilines is 1. The second kappa shape index (κ2) is 8.32. The fraction of sp³-hybridized carbons (Fsp3) is 0.368. The van der Waals surface area contributed by atoms with E-state index in [1.807, 2.05) is 0 Å². The SMILES string of the molecule is CCS(=O)(=O)c1ccc(N(C)C(C)=O)nc1-c1cc2cnn(CC(F)(F)C(F)(F)F)c2cn1. The van der Waals surface area contributed by atoms with Crippen LogP contribution in [0, 0.1) is 0 Å². The number of aromatic nitrogens is 4. The molecule has 33 heavy (non-hydrogen) atoms. The monoisotopic (exact) mass is 491 g/mol. The molecule has 3 aromatic rings. The summed E-state index contributed by atoms with van der Waals surface area (Å²) in [6.07, 6.45) is -3.68. The summed E-state index contributed by atoms with van der Waals surface area (Å²) in [6.45, 7) is 0.970. The van der Waals surface area contributed by atoms with E-state index in [1.54, 1.807) is 0 Å². The fourth-order valence-electron chi connectivity index (χ4n) is 2.88. The number of hydrogen-bond donors (Lipinski definition) is 0. The summed E-state index contributed by atoms with van der Waals surface area (Å²) >= 11 is 0. The zero-order chi connectivity index (χ0) is 24.8. The second-order valence-electron chi connectivity index (χ2n) is 7.13. The number of halogens is 5. The van der Waals surface area contributed by atoms with Crippen molar-refractivity contribution in [2.75, 3.05) is 17.7 Å². The number of fused-ring (bicyclic) bond motifs is 1. The van der Waals surface area contributed by atoms with E-state index in [1.165, 1.54) is 44.0 Å². The average molecular weight is 491 g/mol. The Hall–Kier alpha value is -3.16. The molecule has 0 spiro atoms. The van der Waals surface area contributed by atoms with E-state index in [2.05, 4.69) is 15.1 Å². The summed E-state index contributed by atoms with van der Waals surface area (Å²) in [6, 6.07) is 3.90. The van der Waals surface area contributed by atoms with E-state index in [0.29, 0.717) is 4.68 Å². The molecule has 178 valence electrons. The third kappa shape index (κ3) is 4.65. The Labute approximate surface area is 185 Å². The lowest BCUT2D eigenvalue weighted by atomic mass is 10.2. The smallest absolute Gasteiger partial charge is 0.300 e. The van der Waals surface area contributed by atoms with Crippen molar-refractivity contribution in [3.63, 3.8) is 0 Å². The summed E-state index contributed by atoms with van der Waals surface area (Å²) in [4.78, 5) is 21.0. The fourth-order valence-corrected chi connectivity index (χ4v) is 3.92. The van der Waals surface area contributed by atoms with Crippen LogP contribution in [-0.2, 0) is 21.2 Å². The summed E-state index contributed by atoms with van der Waals surface area (Å²) in [5.74, 6) is -5.50. The van der Waals surface area contributed by atoms with E-state index >= 15 is 0 Å². The van der Waals surface area contributed by atoms with Crippen molar-refractivity contribution in [2.45, 2.75) is 37.4 Å². The first-order valence-electron chi connectivity index (χ1n) is 9.42. The molecule has 8 nitrogen and oxygen atoms in total. The molecule has 0 unspecified atom stereocenters. The number of carbonyl (C=O) groups excluding carboxylic acids is 1. The molecule has 3 rings (SSSR count). The molecule has 0 saturated carbocycles. The first kappa shape index (κ1) is 24.5. The molecule has 0 aliphatic rings. The van der Waals surface area contributed by atoms with E-state index in [4.69, 9.17) is 0 Å². The minimum Gasteiger partial charge on any atom is -0.300 e. The van der Waals surface area contributed by atoms with Crippen LogP contribution in [0.1, 0.15) is 13.8 Å². The van der Waals surface area contributed by atoms with Crippen molar-refractivity contribution in [1.82, 2.24) is 19.7 Å². The molecule has 1 amide bonds. The van der Waals surface area contributed by atoms with Crippen LogP contribution in [0.2, 0.25) is 0 Å². The molecule has 0 bridgehead atoms. The van der Waals surface area contributed by atoms with Crippen LogP contribution in [0.15, 0.2) is 35.5 Å². The maximum absolute atomic E-state index is 13.5. The maximum atomic E-state index is 13.5. The van der Waals surface area contributed by atoms with Crippen LogP contribution < -0.4 is 4.90 Å². The van der Waals surface area contributed by atoms with Gasteiger partial charge in [-0.2, -0.15) is 27.1 Å². The van der Waals surface area contributed by atoms with Gasteiger partial charge in [-0.1, -0.05) is 6.92 Å². The van der Waals surface area contributed by atoms with Gasteiger partial charge in [-0.15, -0.1) is 0 Å². The van der Waals surface area contributed by atoms with Gasteiger partial charge in [0.1, 0.15) is 18.1 Å². The Morgan fingerprint density at radius 2 is 1.82 bits per heavy atom. The average Bonchev–Trinajstić information content (AvgIpc) is 3.13. The zero-order valence-corrected chi connectivity index (χ0v) is 18.4. The van der Waals surface area contributed by atoms with Gasteiger partial charge < -0.3 is 4.90 Å². The van der Waals surface area contributed by atoms with Crippen LogP contribution in [0.4, 0.5) is 27.8 Å². The van der Waals surface area contributed by atoms with Crippen molar-refractivity contribution in [3.8, 4) is 11.4 Å². The Morgan fingerprint density at radius 3 is 2.39 bits per heavy atom. The summed E-state index contributed by atoms with van der Waals surface area (Å²) in [7, 11) is -2.34. The van der Waals surface area contributed by atoms with Gasteiger partial charge in [0.15, 0.2) is 9.84 Å². The highest BCUT2D eigenvalue weighted by molar-refractivity contribution is 7.91. The number of alkyl halides is 5. The molecular formula is C19H18F5N5O3S. The molecule has 14 heteroatoms. The number of pyridine rings is 2. The first-order valence-corrected chi connectivity index (χ1v) is 11.1. The van der Waals surface area contributed by atoms with Crippen LogP contribution >= 0.6 is 0 Å². The van der Waals surface area contributed by atoms with Gasteiger partial charge >= 0.3 is 12.1 Å². The lowest BCUT2D eigenvalue weighted by molar-refractivity contribution is -0.287. The van der Waals surface area contributed by atoms with Crippen molar-refractivity contribution in [3.05, 3.63) is 30.6 Å². The minimum atomic E-state index is -5.75. The van der Waals surface area contributed by atoms with E-state index < -0.39 is 28.5 Å². The van der Waals surface area contributed by atoms with Gasteiger partial charge in [-0.05, 0) is 18.2 Å². The minimum absolute atomic E-state index is 0.00968. The highest BCUT2D eigenvalue weighted by Crippen LogP contribution is 2.37. The Morgan fingerprint density at radius 1 is 1.15 bits per heavy atom. The normalized spacial score (nSPS) is 12.8. The molecule has 3 heterocycles. The third-order valence-corrected chi connectivity index (χ3v) is 6.67. The molecule has 0 fully saturated rings. The maximum Gasteiger partial charge on any atom is 0.455 e. The van der Waals surface area contributed by atoms with Crippen molar-refractivity contribution < 1.29 is 35.2 Å². The number of carbonyl (C=O) groups is 1. The zero-order valence-electron chi connectivity index (χ0n) is 17.6. The Balaban J connectivity index is 2.14. The topological polar surface area (TPSA) is 98.0 Å². The van der Waals surface area contributed by atoms with Crippen LogP contribution in [0.5, 0.6) is 0 Å². The van der Waals surface area contributed by atoms with E-state index in [-0.39, 0.29) is 44.7 Å². The molecule has 0 aliphatic heterocycles. The predicted molar refractivity (Wildman–Crippen MR) is 109 cm³/mol. The van der Waals surface area contributed by atoms with Gasteiger partial charge in [0, 0.05) is 19.4 Å². The van der Waals surface area contributed by atoms with Crippen LogP contribution in [-0.4, -0.2) is 59.0 Å². The quantitative estimate of drug-likeness (QED) is 0.490. The molecular weight excluding hydrogens is 473 g/mol. The number of sulfone groups is 1. The standard InChI is InChI=1S/C19H18F5N5O3S/c1-4-33(31,32)15-5-6-16(28(3)11(2)30)27-17(15)13-7-12-8-26-29(14(12)9-25-13)10-18(20,21)19(22,23)24/h5-9H,4,10H2,1-3H3. The highest BCUT2D eigenvalue weighted by Gasteiger charge is 2.57. The van der Waals surface area contributed by atoms with Gasteiger partial charge in [0.2, 0.25) is 5.91 Å². The van der Waals surface area contributed by atoms with Crippen molar-refractivity contribution in [1.29, 1.82) is 0 Å². The molecule has 0 saturated heterocycles. The van der Waals surface area contributed by atoms with E-state index in [0.717, 1.165) is 12.4 Å². The molecule has 0 aromatic carbocycles. The number of nitrogens with zero attached hydrogens (tertiary/aromatic N) is 5. The largest absolute Gasteiger partial charge is 0.455 e. The summed E-state index contributed by atoms with van der Waals surface area (Å²) in [5, 5.41) is 3.73. The number of rotatable bonds is 6. The van der Waals surface area contributed by atoms with Crippen LogP contribution in [0.3, 0.4) is 0 Å². The molecule has 3 aromatic heterocycles. The van der Waals surface area contributed by atoms with Crippen LogP contribution in [0.25, 0.3) is 22.3 Å². The molecule has 0 aliphatic carbocycles. The van der Waals surface area contributed by atoms with Gasteiger partial charge in [0.05, 0.1) is 34.3 Å². The van der Waals surface area contributed by atoms with Crippen molar-refractivity contribution in [2.24, 2.45) is 0 Å². The third-order valence-electron chi connectivity index (χ3n) is 4.91. The number of hydrogen-bond acceptors (Lipinski definition) is 6. The Kier molecular flexibility index (Phi) is 6.17. The number of amides is 1. The van der Waals surface area contributed by atoms with Gasteiger partial charge in [0.25, 0.3) is 0 Å². The highest BCUT2D eigenvalue weighted by atomic mass is 32.2. The second-order valence-corrected chi connectivity index (χ2v) is 9.38. The first-order chi connectivity index (χ1) is 15.2.